The summed E-state index contributed by atoms with van der Waals surface area (Å²) in [7, 11) is 1.88. The van der Waals surface area contributed by atoms with E-state index in [1.807, 2.05) is 18.0 Å². The topological polar surface area (TPSA) is 3.24 Å². The van der Waals surface area contributed by atoms with Crippen molar-refractivity contribution in [1.29, 1.82) is 0 Å². The summed E-state index contributed by atoms with van der Waals surface area (Å²) >= 11 is 17.2. The number of hydrogen-bond donors (Lipinski definition) is 0. The summed E-state index contributed by atoms with van der Waals surface area (Å²) in [5.74, 6) is 0. The molecule has 0 radical (unpaired) electrons. The minimum Gasteiger partial charge on any atom is -0.361 e. The highest BCUT2D eigenvalue weighted by Crippen LogP contribution is 2.26. The van der Waals surface area contributed by atoms with Gasteiger partial charge < -0.3 is 4.90 Å². The van der Waals surface area contributed by atoms with Gasteiger partial charge in [0, 0.05) is 12.7 Å². The monoisotopic (exact) mass is 223 g/mol. The maximum absolute atomic E-state index is 5.81. The van der Waals surface area contributed by atoms with Crippen LogP contribution in [0.25, 0.3) is 0 Å². The third-order valence-electron chi connectivity index (χ3n) is 1.52. The lowest BCUT2D eigenvalue weighted by Crippen LogP contribution is -2.13. The summed E-state index contributed by atoms with van der Waals surface area (Å²) in [6, 6.07) is 5.84. The molecule has 0 amide bonds. The Hall–Kier alpha value is -0.110. The molecule has 0 saturated heterocycles. The average molecular weight is 225 g/mol. The molecule has 0 heterocycles. The van der Waals surface area contributed by atoms with Crippen LogP contribution in [0, 0.1) is 0 Å². The second kappa shape index (κ2) is 4.22. The number of anilines is 1. The number of halogens is 3. The molecule has 1 aromatic carbocycles. The molecular formula is C8H8Cl3N. The Morgan fingerprint density at radius 2 is 1.92 bits per heavy atom. The molecule has 0 aliphatic carbocycles. The molecule has 0 aliphatic heterocycles. The minimum atomic E-state index is 0.429. The number of nitrogens with zero attached hydrogens (tertiary/aromatic N) is 1. The summed E-state index contributed by atoms with van der Waals surface area (Å²) in [6.07, 6.45) is 0. The molecule has 0 fully saturated rings. The zero-order chi connectivity index (χ0) is 9.14. The van der Waals surface area contributed by atoms with E-state index in [0.717, 1.165) is 5.69 Å². The van der Waals surface area contributed by atoms with Gasteiger partial charge in [-0.2, -0.15) is 0 Å². The van der Waals surface area contributed by atoms with Gasteiger partial charge in [-0.3, -0.25) is 0 Å². The van der Waals surface area contributed by atoms with Crippen molar-refractivity contribution >= 4 is 40.5 Å². The van der Waals surface area contributed by atoms with Crippen LogP contribution in [0.15, 0.2) is 18.2 Å². The van der Waals surface area contributed by atoms with E-state index >= 15 is 0 Å². The molecule has 0 saturated carbocycles. The third-order valence-corrected chi connectivity index (χ3v) is 2.62. The van der Waals surface area contributed by atoms with Gasteiger partial charge in [-0.25, -0.2) is 0 Å². The molecule has 0 bridgehead atoms. The molecule has 1 aromatic rings. The first kappa shape index (κ1) is 9.97. The second-order valence-corrected chi connectivity index (χ2v) is 3.47. The van der Waals surface area contributed by atoms with E-state index in [0.29, 0.717) is 16.0 Å². The summed E-state index contributed by atoms with van der Waals surface area (Å²) in [6.45, 7) is 0. The Kier molecular flexibility index (Phi) is 3.51. The van der Waals surface area contributed by atoms with Crippen molar-refractivity contribution in [3.63, 3.8) is 0 Å². The normalized spacial score (nSPS) is 10.0. The van der Waals surface area contributed by atoms with Gasteiger partial charge in [-0.15, -0.1) is 11.6 Å². The largest absolute Gasteiger partial charge is 0.361 e. The number of hydrogen-bond acceptors (Lipinski definition) is 1. The first-order valence-electron chi connectivity index (χ1n) is 3.37. The zero-order valence-corrected chi connectivity index (χ0v) is 8.79. The lowest BCUT2D eigenvalue weighted by molar-refractivity contribution is 1.09. The van der Waals surface area contributed by atoms with E-state index in [-0.39, 0.29) is 0 Å². The number of rotatable bonds is 2. The van der Waals surface area contributed by atoms with E-state index in [1.54, 1.807) is 12.1 Å². The van der Waals surface area contributed by atoms with Crippen molar-refractivity contribution in [3.8, 4) is 0 Å². The Morgan fingerprint density at radius 1 is 1.25 bits per heavy atom. The van der Waals surface area contributed by atoms with Crippen molar-refractivity contribution < 1.29 is 0 Å². The van der Waals surface area contributed by atoms with Crippen LogP contribution in [0.2, 0.25) is 10.0 Å². The maximum atomic E-state index is 5.81. The standard InChI is InChI=1S/C8H8Cl3N/c1-12(5-9)6-2-3-7(10)8(11)4-6/h2-4H,5H2,1H3. The highest BCUT2D eigenvalue weighted by atomic mass is 35.5. The summed E-state index contributed by atoms with van der Waals surface area (Å²) < 4.78 is 0. The summed E-state index contributed by atoms with van der Waals surface area (Å²) in [5.41, 5.74) is 0.958. The Labute approximate surface area is 86.8 Å². The van der Waals surface area contributed by atoms with Crippen molar-refractivity contribution in [1.82, 2.24) is 0 Å². The molecule has 12 heavy (non-hydrogen) atoms. The van der Waals surface area contributed by atoms with Crippen LogP contribution in [-0.2, 0) is 0 Å². The molecule has 1 rings (SSSR count). The van der Waals surface area contributed by atoms with Crippen LogP contribution in [0.3, 0.4) is 0 Å². The maximum Gasteiger partial charge on any atom is 0.0925 e. The van der Waals surface area contributed by atoms with Crippen LogP contribution in [0.4, 0.5) is 5.69 Å². The van der Waals surface area contributed by atoms with Gasteiger partial charge in [-0.1, -0.05) is 23.2 Å². The number of benzene rings is 1. The zero-order valence-electron chi connectivity index (χ0n) is 6.52. The molecule has 0 unspecified atom stereocenters. The van der Waals surface area contributed by atoms with E-state index in [2.05, 4.69) is 0 Å². The fourth-order valence-electron chi connectivity index (χ4n) is 0.791. The van der Waals surface area contributed by atoms with E-state index in [4.69, 9.17) is 34.8 Å². The molecule has 66 valence electrons. The van der Waals surface area contributed by atoms with Crippen molar-refractivity contribution in [2.75, 3.05) is 18.0 Å². The first-order chi connectivity index (χ1) is 5.65. The van der Waals surface area contributed by atoms with Gasteiger partial charge in [0.05, 0.1) is 16.0 Å². The Bertz CT molecular complexity index is 275. The van der Waals surface area contributed by atoms with Gasteiger partial charge in [0.2, 0.25) is 0 Å². The van der Waals surface area contributed by atoms with E-state index in [9.17, 15) is 0 Å². The Balaban J connectivity index is 2.96. The third kappa shape index (κ3) is 2.19. The molecule has 0 aromatic heterocycles. The second-order valence-electron chi connectivity index (χ2n) is 2.42. The molecule has 0 atom stereocenters. The summed E-state index contributed by atoms with van der Waals surface area (Å²) in [4.78, 5) is 1.86. The smallest absolute Gasteiger partial charge is 0.0925 e. The SMILES string of the molecule is CN(CCl)c1ccc(Cl)c(Cl)c1. The van der Waals surface area contributed by atoms with Crippen LogP contribution in [-0.4, -0.2) is 13.1 Å². The molecule has 0 spiro atoms. The highest BCUT2D eigenvalue weighted by Gasteiger charge is 2.02. The van der Waals surface area contributed by atoms with Gasteiger partial charge in [0.1, 0.15) is 0 Å². The predicted octanol–water partition coefficient (Wildman–Crippen LogP) is 3.63. The quantitative estimate of drug-likeness (QED) is 0.548. The van der Waals surface area contributed by atoms with Gasteiger partial charge >= 0.3 is 0 Å². The van der Waals surface area contributed by atoms with Gasteiger partial charge in [-0.05, 0) is 18.2 Å². The lowest BCUT2D eigenvalue weighted by Gasteiger charge is -2.15. The lowest BCUT2D eigenvalue weighted by atomic mass is 10.3. The predicted molar refractivity (Wildman–Crippen MR) is 55.6 cm³/mol. The summed E-state index contributed by atoms with van der Waals surface area (Å²) in [5, 5.41) is 1.11. The van der Waals surface area contributed by atoms with Crippen molar-refractivity contribution in [2.45, 2.75) is 0 Å². The van der Waals surface area contributed by atoms with Gasteiger partial charge in [0.25, 0.3) is 0 Å². The fourth-order valence-corrected chi connectivity index (χ4v) is 1.22. The number of alkyl halides is 1. The van der Waals surface area contributed by atoms with Crippen LogP contribution < -0.4 is 4.90 Å². The molecule has 0 aliphatic rings. The molecule has 4 heteroatoms. The molecule has 0 N–H and O–H groups in total. The van der Waals surface area contributed by atoms with Crippen LogP contribution >= 0.6 is 34.8 Å². The Morgan fingerprint density at radius 3 is 2.42 bits per heavy atom. The van der Waals surface area contributed by atoms with Gasteiger partial charge in [0.15, 0.2) is 0 Å². The first-order valence-corrected chi connectivity index (χ1v) is 4.66. The van der Waals surface area contributed by atoms with Crippen molar-refractivity contribution in [2.24, 2.45) is 0 Å². The minimum absolute atomic E-state index is 0.429. The van der Waals surface area contributed by atoms with Crippen molar-refractivity contribution in [3.05, 3.63) is 28.2 Å². The van der Waals surface area contributed by atoms with E-state index in [1.165, 1.54) is 0 Å². The van der Waals surface area contributed by atoms with E-state index < -0.39 is 0 Å². The average Bonchev–Trinajstić information content (AvgIpc) is 2.08. The molecule has 1 nitrogen and oxygen atoms in total. The highest BCUT2D eigenvalue weighted by molar-refractivity contribution is 6.42. The van der Waals surface area contributed by atoms with Crippen LogP contribution in [0.5, 0.6) is 0 Å². The molecular weight excluding hydrogens is 216 g/mol. The fraction of sp³-hybridized carbons (Fsp3) is 0.250. The van der Waals surface area contributed by atoms with Crippen LogP contribution in [0.1, 0.15) is 0 Å².